The Bertz CT molecular complexity index is 571. The SMILES string of the molecule is CCCC1(CCC)NC(=O)N(CCOc2cccc(Br)c2)C1=O. The Morgan fingerprint density at radius 1 is 1.22 bits per heavy atom. The summed E-state index contributed by atoms with van der Waals surface area (Å²) in [6.07, 6.45) is 3.06. The fraction of sp³-hybridized carbons (Fsp3) is 0.529. The van der Waals surface area contributed by atoms with Crippen LogP contribution in [0.15, 0.2) is 28.7 Å². The largest absolute Gasteiger partial charge is 0.492 e. The predicted octanol–water partition coefficient (Wildman–Crippen LogP) is 3.72. The van der Waals surface area contributed by atoms with Crippen molar-refractivity contribution in [1.29, 1.82) is 0 Å². The summed E-state index contributed by atoms with van der Waals surface area (Å²) in [5.74, 6) is 0.587. The van der Waals surface area contributed by atoms with Crippen molar-refractivity contribution in [3.63, 3.8) is 0 Å². The Labute approximate surface area is 145 Å². The van der Waals surface area contributed by atoms with Gasteiger partial charge in [0.1, 0.15) is 17.9 Å². The molecule has 23 heavy (non-hydrogen) atoms. The lowest BCUT2D eigenvalue weighted by Gasteiger charge is -2.25. The van der Waals surface area contributed by atoms with E-state index in [1.54, 1.807) is 0 Å². The number of urea groups is 1. The van der Waals surface area contributed by atoms with E-state index in [4.69, 9.17) is 4.74 Å². The summed E-state index contributed by atoms with van der Waals surface area (Å²) in [5.41, 5.74) is -0.726. The number of carbonyl (C=O) groups excluding carboxylic acids is 2. The molecule has 0 bridgehead atoms. The second-order valence-electron chi connectivity index (χ2n) is 5.77. The second-order valence-corrected chi connectivity index (χ2v) is 6.69. The molecule has 0 saturated carbocycles. The van der Waals surface area contributed by atoms with Crippen LogP contribution in [0.25, 0.3) is 0 Å². The first kappa shape index (κ1) is 17.8. The number of benzene rings is 1. The highest BCUT2D eigenvalue weighted by atomic mass is 79.9. The highest BCUT2D eigenvalue weighted by Crippen LogP contribution is 2.28. The molecule has 0 spiro atoms. The molecule has 0 aliphatic carbocycles. The Balaban J connectivity index is 1.97. The van der Waals surface area contributed by atoms with Crippen molar-refractivity contribution in [2.45, 2.75) is 45.1 Å². The molecule has 3 amide bonds. The van der Waals surface area contributed by atoms with Gasteiger partial charge in [-0.15, -0.1) is 0 Å². The molecule has 1 aromatic rings. The van der Waals surface area contributed by atoms with Crippen molar-refractivity contribution in [2.24, 2.45) is 0 Å². The van der Waals surface area contributed by atoms with Crippen molar-refractivity contribution in [1.82, 2.24) is 10.2 Å². The third-order valence-corrected chi connectivity index (χ3v) is 4.47. The molecule has 5 nitrogen and oxygen atoms in total. The molecule has 1 N–H and O–H groups in total. The quantitative estimate of drug-likeness (QED) is 0.696. The fourth-order valence-electron chi connectivity index (χ4n) is 3.01. The first-order valence-corrected chi connectivity index (χ1v) is 8.84. The lowest BCUT2D eigenvalue weighted by Crippen LogP contribution is -2.47. The number of hydrogen-bond donors (Lipinski definition) is 1. The van der Waals surface area contributed by atoms with Crippen LogP contribution >= 0.6 is 15.9 Å². The molecule has 0 atom stereocenters. The molecule has 0 radical (unpaired) electrons. The number of hydrogen-bond acceptors (Lipinski definition) is 3. The molecule has 1 aromatic carbocycles. The van der Waals surface area contributed by atoms with Gasteiger partial charge in [0.05, 0.1) is 6.54 Å². The summed E-state index contributed by atoms with van der Waals surface area (Å²) in [5, 5.41) is 2.90. The summed E-state index contributed by atoms with van der Waals surface area (Å²) in [6.45, 7) is 4.59. The molecule has 1 fully saturated rings. The second kappa shape index (κ2) is 7.81. The van der Waals surface area contributed by atoms with E-state index >= 15 is 0 Å². The summed E-state index contributed by atoms with van der Waals surface area (Å²) in [6, 6.07) is 7.17. The topological polar surface area (TPSA) is 58.6 Å². The normalized spacial score (nSPS) is 16.6. The highest BCUT2D eigenvalue weighted by molar-refractivity contribution is 9.10. The first-order chi connectivity index (χ1) is 11.0. The average molecular weight is 383 g/mol. The van der Waals surface area contributed by atoms with Gasteiger partial charge < -0.3 is 10.1 Å². The maximum Gasteiger partial charge on any atom is 0.325 e. The van der Waals surface area contributed by atoms with Crippen LogP contribution in [0.5, 0.6) is 5.75 Å². The van der Waals surface area contributed by atoms with Crippen LogP contribution in [0.2, 0.25) is 0 Å². The molecule has 1 heterocycles. The van der Waals surface area contributed by atoms with Gasteiger partial charge in [0, 0.05) is 4.47 Å². The van der Waals surface area contributed by atoms with Crippen LogP contribution in [0.3, 0.4) is 0 Å². The molecule has 126 valence electrons. The number of carbonyl (C=O) groups is 2. The minimum absolute atomic E-state index is 0.121. The minimum Gasteiger partial charge on any atom is -0.492 e. The van der Waals surface area contributed by atoms with E-state index in [2.05, 4.69) is 21.2 Å². The van der Waals surface area contributed by atoms with Gasteiger partial charge in [-0.05, 0) is 31.0 Å². The molecule has 1 aliphatic heterocycles. The number of imide groups is 1. The maximum atomic E-state index is 12.7. The van der Waals surface area contributed by atoms with Gasteiger partial charge >= 0.3 is 6.03 Å². The van der Waals surface area contributed by atoms with Crippen LogP contribution in [-0.2, 0) is 4.79 Å². The van der Waals surface area contributed by atoms with E-state index in [0.29, 0.717) is 18.6 Å². The Hall–Kier alpha value is -1.56. The maximum absolute atomic E-state index is 12.7. The van der Waals surface area contributed by atoms with Gasteiger partial charge in [-0.2, -0.15) is 0 Å². The van der Waals surface area contributed by atoms with Crippen LogP contribution in [0.1, 0.15) is 39.5 Å². The molecule has 0 unspecified atom stereocenters. The van der Waals surface area contributed by atoms with Crippen molar-refractivity contribution in [2.75, 3.05) is 13.2 Å². The summed E-state index contributed by atoms with van der Waals surface area (Å²) < 4.78 is 6.56. The average Bonchev–Trinajstić information content (AvgIpc) is 2.72. The van der Waals surface area contributed by atoms with Crippen molar-refractivity contribution in [3.8, 4) is 5.75 Å². The monoisotopic (exact) mass is 382 g/mol. The van der Waals surface area contributed by atoms with E-state index < -0.39 is 5.54 Å². The minimum atomic E-state index is -0.726. The van der Waals surface area contributed by atoms with Crippen LogP contribution in [0, 0.1) is 0 Å². The molecular formula is C17H23BrN2O3. The summed E-state index contributed by atoms with van der Waals surface area (Å²) in [7, 11) is 0. The zero-order valence-corrected chi connectivity index (χ0v) is 15.2. The third-order valence-electron chi connectivity index (χ3n) is 3.98. The lowest BCUT2D eigenvalue weighted by atomic mass is 9.88. The lowest BCUT2D eigenvalue weighted by molar-refractivity contribution is -0.132. The number of halogens is 1. The number of nitrogens with one attached hydrogen (secondary N) is 1. The van der Waals surface area contributed by atoms with E-state index in [0.717, 1.165) is 17.3 Å². The molecule has 1 saturated heterocycles. The van der Waals surface area contributed by atoms with Gasteiger partial charge in [0.25, 0.3) is 5.91 Å². The van der Waals surface area contributed by atoms with Gasteiger partial charge in [0.15, 0.2) is 0 Å². The van der Waals surface area contributed by atoms with E-state index in [-0.39, 0.29) is 25.1 Å². The molecule has 2 rings (SSSR count). The van der Waals surface area contributed by atoms with E-state index in [9.17, 15) is 9.59 Å². The zero-order valence-electron chi connectivity index (χ0n) is 13.6. The van der Waals surface area contributed by atoms with Crippen molar-refractivity contribution >= 4 is 27.9 Å². The van der Waals surface area contributed by atoms with Crippen LogP contribution in [0.4, 0.5) is 4.79 Å². The fourth-order valence-corrected chi connectivity index (χ4v) is 3.39. The van der Waals surface area contributed by atoms with E-state index in [1.165, 1.54) is 4.90 Å². The van der Waals surface area contributed by atoms with Gasteiger partial charge in [-0.1, -0.05) is 48.7 Å². The van der Waals surface area contributed by atoms with Crippen LogP contribution in [-0.4, -0.2) is 35.5 Å². The molecule has 6 heteroatoms. The summed E-state index contributed by atoms with van der Waals surface area (Å²) >= 11 is 3.38. The zero-order chi connectivity index (χ0) is 16.9. The standard InChI is InChI=1S/C17H23BrN2O3/c1-3-8-17(9-4-2)15(21)20(16(22)19-17)10-11-23-14-7-5-6-13(18)12-14/h5-7,12H,3-4,8-11H2,1-2H3,(H,19,22). The van der Waals surface area contributed by atoms with Crippen LogP contribution < -0.4 is 10.1 Å². The highest BCUT2D eigenvalue weighted by Gasteiger charge is 2.49. The van der Waals surface area contributed by atoms with Gasteiger partial charge in [-0.25, -0.2) is 4.79 Å². The van der Waals surface area contributed by atoms with E-state index in [1.807, 2.05) is 38.1 Å². The Morgan fingerprint density at radius 2 is 1.91 bits per heavy atom. The number of amides is 3. The van der Waals surface area contributed by atoms with Gasteiger partial charge in [0.2, 0.25) is 0 Å². The predicted molar refractivity (Wildman–Crippen MR) is 92.4 cm³/mol. The molecule has 1 aliphatic rings. The van der Waals surface area contributed by atoms with Gasteiger partial charge in [-0.3, -0.25) is 9.69 Å². The molecular weight excluding hydrogens is 360 g/mol. The smallest absolute Gasteiger partial charge is 0.325 e. The number of ether oxygens (including phenoxy) is 1. The summed E-state index contributed by atoms with van der Waals surface area (Å²) in [4.78, 5) is 26.2. The first-order valence-electron chi connectivity index (χ1n) is 8.05. The van der Waals surface area contributed by atoms with Crippen molar-refractivity contribution in [3.05, 3.63) is 28.7 Å². The number of nitrogens with zero attached hydrogens (tertiary/aromatic N) is 1. The van der Waals surface area contributed by atoms with Crippen molar-refractivity contribution < 1.29 is 14.3 Å². The number of rotatable bonds is 8. The Kier molecular flexibility index (Phi) is 6.04. The Morgan fingerprint density at radius 3 is 2.52 bits per heavy atom. The molecule has 0 aromatic heterocycles. The third kappa shape index (κ3) is 4.05.